The molecule has 1 aliphatic rings. The van der Waals surface area contributed by atoms with Gasteiger partial charge in [-0.05, 0) is 104 Å². The number of fused-ring (bicyclic) bond motifs is 1. The van der Waals surface area contributed by atoms with E-state index in [-0.39, 0.29) is 5.82 Å². The molecule has 0 nitrogen and oxygen atoms in total. The Labute approximate surface area is 193 Å². The van der Waals surface area contributed by atoms with Crippen molar-refractivity contribution in [2.24, 2.45) is 5.92 Å². The summed E-state index contributed by atoms with van der Waals surface area (Å²) >= 11 is 0. The summed E-state index contributed by atoms with van der Waals surface area (Å²) in [6.45, 7) is 4.12. The standard InChI is InChI=1S/C31H37F/c1-3-5-6-7-23-10-15-27(16-11-23)28-17-12-24(13-18-28)8-9-25-14-21-30-29(22-25)20-19-26(4-2)31(30)32/h3,5,12-14,17-23,27H,4,6-11,15-16H2,1-2H3/b5-3+. The maximum absolute atomic E-state index is 14.5. The average molecular weight is 429 g/mol. The highest BCUT2D eigenvalue weighted by Gasteiger charge is 2.21. The van der Waals surface area contributed by atoms with Gasteiger partial charge in [-0.1, -0.05) is 73.7 Å². The first-order chi connectivity index (χ1) is 15.7. The van der Waals surface area contributed by atoms with Crippen molar-refractivity contribution >= 4 is 10.8 Å². The highest BCUT2D eigenvalue weighted by atomic mass is 19.1. The van der Waals surface area contributed by atoms with Crippen molar-refractivity contribution in [3.8, 4) is 0 Å². The van der Waals surface area contributed by atoms with Crippen LogP contribution in [0.15, 0.2) is 66.7 Å². The molecule has 0 N–H and O–H groups in total. The molecule has 1 saturated carbocycles. The number of hydrogen-bond acceptors (Lipinski definition) is 0. The van der Waals surface area contributed by atoms with Crippen LogP contribution in [0.2, 0.25) is 0 Å². The third-order valence-electron chi connectivity index (χ3n) is 7.46. The molecule has 32 heavy (non-hydrogen) atoms. The zero-order valence-electron chi connectivity index (χ0n) is 19.7. The van der Waals surface area contributed by atoms with Gasteiger partial charge in [-0.15, -0.1) is 0 Å². The molecule has 0 atom stereocenters. The van der Waals surface area contributed by atoms with Crippen molar-refractivity contribution in [1.29, 1.82) is 0 Å². The maximum Gasteiger partial charge on any atom is 0.134 e. The maximum atomic E-state index is 14.5. The van der Waals surface area contributed by atoms with E-state index < -0.39 is 0 Å². The van der Waals surface area contributed by atoms with Crippen LogP contribution in [0.25, 0.3) is 10.8 Å². The number of benzene rings is 3. The Morgan fingerprint density at radius 2 is 1.59 bits per heavy atom. The minimum Gasteiger partial charge on any atom is -0.206 e. The Morgan fingerprint density at radius 1 is 0.875 bits per heavy atom. The van der Waals surface area contributed by atoms with Gasteiger partial charge in [0.25, 0.3) is 0 Å². The fourth-order valence-electron chi connectivity index (χ4n) is 5.34. The molecule has 0 unspecified atom stereocenters. The summed E-state index contributed by atoms with van der Waals surface area (Å²) in [5.41, 5.74) is 4.99. The van der Waals surface area contributed by atoms with Crippen LogP contribution in [-0.4, -0.2) is 0 Å². The lowest BCUT2D eigenvalue weighted by Gasteiger charge is -2.28. The van der Waals surface area contributed by atoms with E-state index in [2.05, 4.69) is 61.5 Å². The molecule has 0 saturated heterocycles. The number of hydrogen-bond donors (Lipinski definition) is 0. The van der Waals surface area contributed by atoms with Gasteiger partial charge in [0.2, 0.25) is 0 Å². The van der Waals surface area contributed by atoms with Gasteiger partial charge in [-0.2, -0.15) is 0 Å². The molecule has 0 radical (unpaired) electrons. The van der Waals surface area contributed by atoms with Crippen molar-refractivity contribution in [1.82, 2.24) is 0 Å². The van der Waals surface area contributed by atoms with E-state index in [9.17, 15) is 4.39 Å². The zero-order chi connectivity index (χ0) is 22.3. The zero-order valence-corrected chi connectivity index (χ0v) is 19.7. The topological polar surface area (TPSA) is 0 Å². The molecule has 0 bridgehead atoms. The minimum absolute atomic E-state index is 0.0565. The van der Waals surface area contributed by atoms with Crippen LogP contribution in [-0.2, 0) is 19.3 Å². The number of aryl methyl sites for hydroxylation is 3. The molecular weight excluding hydrogens is 391 g/mol. The number of halogens is 1. The molecular formula is C31H37F. The second kappa shape index (κ2) is 10.9. The van der Waals surface area contributed by atoms with Crippen LogP contribution < -0.4 is 0 Å². The Morgan fingerprint density at radius 3 is 2.31 bits per heavy atom. The molecule has 1 heteroatoms. The summed E-state index contributed by atoms with van der Waals surface area (Å²) in [5.74, 6) is 1.61. The predicted molar refractivity (Wildman–Crippen MR) is 136 cm³/mol. The van der Waals surface area contributed by atoms with E-state index in [1.807, 2.05) is 19.1 Å². The molecule has 3 aromatic carbocycles. The lowest BCUT2D eigenvalue weighted by atomic mass is 9.77. The summed E-state index contributed by atoms with van der Waals surface area (Å²) in [4.78, 5) is 0. The molecule has 0 spiro atoms. The van der Waals surface area contributed by atoms with Gasteiger partial charge in [-0.25, -0.2) is 4.39 Å². The lowest BCUT2D eigenvalue weighted by Crippen LogP contribution is -2.13. The van der Waals surface area contributed by atoms with E-state index in [0.717, 1.165) is 47.4 Å². The monoisotopic (exact) mass is 428 g/mol. The highest BCUT2D eigenvalue weighted by molar-refractivity contribution is 5.84. The smallest absolute Gasteiger partial charge is 0.134 e. The molecule has 4 rings (SSSR count). The van der Waals surface area contributed by atoms with Crippen molar-refractivity contribution in [3.05, 3.63) is 94.8 Å². The average Bonchev–Trinajstić information content (AvgIpc) is 2.84. The van der Waals surface area contributed by atoms with Crippen molar-refractivity contribution < 1.29 is 4.39 Å². The summed E-state index contributed by atoms with van der Waals surface area (Å²) in [6, 6.07) is 19.6. The second-order valence-corrected chi connectivity index (χ2v) is 9.55. The SMILES string of the molecule is C/C=C/CCC1CCC(c2ccc(CCc3ccc4c(F)c(CC)ccc4c3)cc2)CC1. The van der Waals surface area contributed by atoms with Crippen molar-refractivity contribution in [2.75, 3.05) is 0 Å². The van der Waals surface area contributed by atoms with Gasteiger partial charge >= 0.3 is 0 Å². The van der Waals surface area contributed by atoms with Gasteiger partial charge in [0, 0.05) is 5.39 Å². The first kappa shape index (κ1) is 22.8. The normalized spacial score (nSPS) is 19.1. The molecule has 0 aromatic heterocycles. The van der Waals surface area contributed by atoms with Crippen LogP contribution in [0.4, 0.5) is 4.39 Å². The molecule has 168 valence electrons. The summed E-state index contributed by atoms with van der Waals surface area (Å²) in [7, 11) is 0. The Balaban J connectivity index is 1.31. The molecule has 0 aliphatic heterocycles. The molecule has 0 heterocycles. The van der Waals surface area contributed by atoms with E-state index >= 15 is 0 Å². The van der Waals surface area contributed by atoms with Crippen molar-refractivity contribution in [2.45, 2.75) is 77.6 Å². The van der Waals surface area contributed by atoms with E-state index in [1.54, 1.807) is 0 Å². The largest absolute Gasteiger partial charge is 0.206 e. The Hall–Kier alpha value is -2.41. The molecule has 0 amide bonds. The third-order valence-corrected chi connectivity index (χ3v) is 7.46. The van der Waals surface area contributed by atoms with Crippen molar-refractivity contribution in [3.63, 3.8) is 0 Å². The van der Waals surface area contributed by atoms with Gasteiger partial charge in [0.15, 0.2) is 0 Å². The summed E-state index contributed by atoms with van der Waals surface area (Å²) in [5, 5.41) is 1.75. The fraction of sp³-hybridized carbons (Fsp3) is 0.419. The first-order valence-corrected chi connectivity index (χ1v) is 12.6. The van der Waals surface area contributed by atoms with Crippen LogP contribution in [0.5, 0.6) is 0 Å². The van der Waals surface area contributed by atoms with Crippen LogP contribution in [0.1, 0.15) is 80.5 Å². The van der Waals surface area contributed by atoms with Gasteiger partial charge in [0.05, 0.1) is 0 Å². The van der Waals surface area contributed by atoms with E-state index in [0.29, 0.717) is 0 Å². The van der Waals surface area contributed by atoms with Crippen LogP contribution in [0, 0.1) is 11.7 Å². The summed E-state index contributed by atoms with van der Waals surface area (Å²) < 4.78 is 14.5. The van der Waals surface area contributed by atoms with Gasteiger partial charge in [-0.3, -0.25) is 0 Å². The molecule has 1 fully saturated rings. The number of allylic oxidation sites excluding steroid dienone is 2. The molecule has 1 aliphatic carbocycles. The second-order valence-electron chi connectivity index (χ2n) is 9.55. The molecule has 3 aromatic rings. The fourth-order valence-corrected chi connectivity index (χ4v) is 5.34. The quantitative estimate of drug-likeness (QED) is 0.314. The predicted octanol–water partition coefficient (Wildman–Crippen LogP) is 8.96. The highest BCUT2D eigenvalue weighted by Crippen LogP contribution is 2.37. The first-order valence-electron chi connectivity index (χ1n) is 12.6. The van der Waals surface area contributed by atoms with Gasteiger partial charge < -0.3 is 0 Å². The third kappa shape index (κ3) is 5.49. The van der Waals surface area contributed by atoms with Crippen LogP contribution in [0.3, 0.4) is 0 Å². The Bertz CT molecular complexity index is 1040. The Kier molecular flexibility index (Phi) is 7.79. The lowest BCUT2D eigenvalue weighted by molar-refractivity contribution is 0.312. The summed E-state index contributed by atoms with van der Waals surface area (Å²) in [6.07, 6.45) is 15.3. The minimum atomic E-state index is -0.0565. The van der Waals surface area contributed by atoms with E-state index in [4.69, 9.17) is 0 Å². The number of rotatable bonds is 8. The van der Waals surface area contributed by atoms with Gasteiger partial charge in [0.1, 0.15) is 5.82 Å². The van der Waals surface area contributed by atoms with Crippen LogP contribution >= 0.6 is 0 Å². The van der Waals surface area contributed by atoms with E-state index in [1.165, 1.54) is 55.2 Å².